The first-order chi connectivity index (χ1) is 15.5. The molecular weight excluding hydrogens is 416 g/mol. The number of hydrogen-bond acceptors (Lipinski definition) is 7. The van der Waals surface area contributed by atoms with Crippen LogP contribution in [0.4, 0.5) is 4.79 Å². The van der Waals surface area contributed by atoms with Crippen molar-refractivity contribution in [3.63, 3.8) is 0 Å². The van der Waals surface area contributed by atoms with Crippen LogP contribution in [0.3, 0.4) is 0 Å². The number of nitrogens with one attached hydrogen (secondary N) is 2. The Hall–Kier alpha value is -4.34. The minimum atomic E-state index is -0.725. The second kappa shape index (κ2) is 8.80. The van der Waals surface area contributed by atoms with Gasteiger partial charge < -0.3 is 24.6 Å². The molecule has 0 unspecified atom stereocenters. The molecule has 10 heteroatoms. The normalized spacial score (nSPS) is 13.9. The van der Waals surface area contributed by atoms with Gasteiger partial charge in [0.2, 0.25) is 6.41 Å². The smallest absolute Gasteiger partial charge is 0.321 e. The summed E-state index contributed by atoms with van der Waals surface area (Å²) in [6.45, 7) is 0.482. The summed E-state index contributed by atoms with van der Waals surface area (Å²) in [5.41, 5.74) is 2.61. The molecule has 164 valence electrons. The highest BCUT2D eigenvalue weighted by Gasteiger charge is 2.31. The van der Waals surface area contributed by atoms with Gasteiger partial charge in [-0.3, -0.25) is 14.9 Å². The molecule has 10 nitrogen and oxygen atoms in total. The number of imide groups is 1. The lowest BCUT2D eigenvalue weighted by atomic mass is 10.1. The fourth-order valence-electron chi connectivity index (χ4n) is 3.70. The van der Waals surface area contributed by atoms with Crippen LogP contribution in [0.2, 0.25) is 0 Å². The van der Waals surface area contributed by atoms with Crippen molar-refractivity contribution in [2.45, 2.75) is 12.6 Å². The van der Waals surface area contributed by atoms with E-state index in [-0.39, 0.29) is 18.9 Å². The predicted molar refractivity (Wildman–Crippen MR) is 114 cm³/mol. The molecule has 1 aliphatic heterocycles. The fraction of sp³-hybridized carbons (Fsp3) is 0.182. The molecule has 3 N–H and O–H groups in total. The lowest BCUT2D eigenvalue weighted by Crippen LogP contribution is -2.42. The summed E-state index contributed by atoms with van der Waals surface area (Å²) in [6, 6.07) is 10.8. The monoisotopic (exact) mass is 436 g/mol. The van der Waals surface area contributed by atoms with E-state index in [0.717, 1.165) is 10.9 Å². The Morgan fingerprint density at radius 2 is 2.16 bits per heavy atom. The van der Waals surface area contributed by atoms with Crippen molar-refractivity contribution >= 4 is 35.5 Å². The van der Waals surface area contributed by atoms with Crippen molar-refractivity contribution in [2.24, 2.45) is 5.16 Å². The molecule has 0 spiro atoms. The molecule has 1 aromatic heterocycles. The number of fused-ring (bicyclic) bond motifs is 2. The number of furan rings is 1. The summed E-state index contributed by atoms with van der Waals surface area (Å²) < 4.78 is 11.1. The lowest BCUT2D eigenvalue weighted by Gasteiger charge is -2.23. The molecule has 1 atom stereocenters. The van der Waals surface area contributed by atoms with Crippen LogP contribution in [-0.2, 0) is 11.3 Å². The first-order valence-corrected chi connectivity index (χ1v) is 9.70. The SMILES string of the molecule is COc1ccc2c(c1)C(=O)N(C[C@H](NC(=O)NC=O)c1cc3cc(/C=N\O)ccc3o1)C2. The van der Waals surface area contributed by atoms with Crippen LogP contribution in [0, 0.1) is 0 Å². The number of oxime groups is 1. The van der Waals surface area contributed by atoms with Gasteiger partial charge in [-0.2, -0.15) is 0 Å². The average Bonchev–Trinajstić information content (AvgIpc) is 3.34. The Kier molecular flexibility index (Phi) is 5.75. The molecule has 32 heavy (non-hydrogen) atoms. The number of methoxy groups -OCH3 is 1. The number of benzene rings is 2. The van der Waals surface area contributed by atoms with Gasteiger partial charge in [0.25, 0.3) is 5.91 Å². The molecule has 0 saturated carbocycles. The quantitative estimate of drug-likeness (QED) is 0.225. The van der Waals surface area contributed by atoms with Crippen LogP contribution in [0.1, 0.15) is 33.3 Å². The Labute approximate surface area is 182 Å². The van der Waals surface area contributed by atoms with Crippen LogP contribution in [0.25, 0.3) is 11.0 Å². The van der Waals surface area contributed by atoms with Crippen molar-refractivity contribution in [1.82, 2.24) is 15.5 Å². The van der Waals surface area contributed by atoms with E-state index in [9.17, 15) is 14.4 Å². The highest BCUT2D eigenvalue weighted by Crippen LogP contribution is 2.30. The van der Waals surface area contributed by atoms with Gasteiger partial charge in [-0.15, -0.1) is 0 Å². The number of carbonyl (C=O) groups excluding carboxylic acids is 3. The van der Waals surface area contributed by atoms with Crippen molar-refractivity contribution in [3.05, 3.63) is 64.9 Å². The summed E-state index contributed by atoms with van der Waals surface area (Å²) in [5.74, 6) is 0.790. The largest absolute Gasteiger partial charge is 0.497 e. The molecular formula is C22H20N4O6. The Bertz CT molecular complexity index is 1220. The maximum absolute atomic E-state index is 12.9. The van der Waals surface area contributed by atoms with Gasteiger partial charge in [-0.1, -0.05) is 11.2 Å². The number of hydrogen-bond donors (Lipinski definition) is 3. The molecule has 0 radical (unpaired) electrons. The molecule has 0 saturated heterocycles. The molecule has 0 bridgehead atoms. The van der Waals surface area contributed by atoms with Gasteiger partial charge in [0.05, 0.1) is 13.3 Å². The second-order valence-corrected chi connectivity index (χ2v) is 7.19. The third-order valence-corrected chi connectivity index (χ3v) is 5.20. The van der Waals surface area contributed by atoms with E-state index in [2.05, 4.69) is 10.5 Å². The fourth-order valence-corrected chi connectivity index (χ4v) is 3.70. The summed E-state index contributed by atoms with van der Waals surface area (Å²) in [6.07, 6.45) is 1.56. The molecule has 0 fully saturated rings. The zero-order chi connectivity index (χ0) is 22.7. The summed E-state index contributed by atoms with van der Waals surface area (Å²) in [5, 5.41) is 17.2. The van der Waals surface area contributed by atoms with Crippen LogP contribution in [0.5, 0.6) is 5.75 Å². The van der Waals surface area contributed by atoms with Gasteiger partial charge in [0.15, 0.2) is 0 Å². The van der Waals surface area contributed by atoms with Crippen LogP contribution in [0.15, 0.2) is 52.0 Å². The third-order valence-electron chi connectivity index (χ3n) is 5.20. The van der Waals surface area contributed by atoms with Crippen LogP contribution in [-0.4, -0.2) is 48.3 Å². The number of rotatable bonds is 7. The minimum Gasteiger partial charge on any atom is -0.497 e. The molecule has 2 aromatic carbocycles. The van der Waals surface area contributed by atoms with E-state index < -0.39 is 12.1 Å². The molecule has 1 aliphatic rings. The summed E-state index contributed by atoms with van der Waals surface area (Å²) in [7, 11) is 1.53. The van der Waals surface area contributed by atoms with Gasteiger partial charge in [0.1, 0.15) is 23.1 Å². The van der Waals surface area contributed by atoms with Crippen molar-refractivity contribution in [3.8, 4) is 5.75 Å². The molecule has 4 rings (SSSR count). The Morgan fingerprint density at radius 1 is 1.31 bits per heavy atom. The van der Waals surface area contributed by atoms with Crippen molar-refractivity contribution < 1.29 is 28.7 Å². The highest BCUT2D eigenvalue weighted by molar-refractivity contribution is 5.99. The first kappa shape index (κ1) is 20.9. The van der Waals surface area contributed by atoms with E-state index in [1.54, 1.807) is 41.3 Å². The van der Waals surface area contributed by atoms with E-state index in [1.807, 2.05) is 11.4 Å². The third kappa shape index (κ3) is 4.10. The van der Waals surface area contributed by atoms with Crippen molar-refractivity contribution in [1.29, 1.82) is 0 Å². The summed E-state index contributed by atoms with van der Waals surface area (Å²) in [4.78, 5) is 37.3. The maximum atomic E-state index is 12.9. The Morgan fingerprint density at radius 3 is 2.91 bits per heavy atom. The number of ether oxygens (including phenoxy) is 1. The number of urea groups is 1. The number of amides is 4. The van der Waals surface area contributed by atoms with Gasteiger partial charge in [0, 0.05) is 24.0 Å². The molecule has 4 amide bonds. The molecule has 0 aliphatic carbocycles. The topological polar surface area (TPSA) is 133 Å². The molecule has 2 heterocycles. The standard InChI is InChI=1S/C22H20N4O6/c1-31-16-4-3-14-10-26(21(28)17(14)8-16)11-18(25-22(29)23-12-27)20-7-15-6-13(9-24-30)2-5-19(15)32-20/h2-9,12,18,30H,10-11H2,1H3,(H2,23,25,27,29)/b24-9-/t18-/m0/s1. The lowest BCUT2D eigenvalue weighted by molar-refractivity contribution is -0.108. The molecule has 3 aromatic rings. The second-order valence-electron chi connectivity index (χ2n) is 7.19. The Balaban J connectivity index is 1.62. The van der Waals surface area contributed by atoms with E-state index in [0.29, 0.717) is 34.8 Å². The first-order valence-electron chi connectivity index (χ1n) is 9.70. The van der Waals surface area contributed by atoms with E-state index in [1.165, 1.54) is 13.3 Å². The van der Waals surface area contributed by atoms with E-state index in [4.69, 9.17) is 14.4 Å². The summed E-state index contributed by atoms with van der Waals surface area (Å²) >= 11 is 0. The maximum Gasteiger partial charge on any atom is 0.321 e. The zero-order valence-electron chi connectivity index (χ0n) is 17.1. The average molecular weight is 436 g/mol. The van der Waals surface area contributed by atoms with Gasteiger partial charge in [-0.25, -0.2) is 4.79 Å². The van der Waals surface area contributed by atoms with E-state index >= 15 is 0 Å². The number of carbonyl (C=O) groups is 3. The number of nitrogens with zero attached hydrogens (tertiary/aromatic N) is 2. The highest BCUT2D eigenvalue weighted by atomic mass is 16.5. The van der Waals surface area contributed by atoms with Crippen LogP contribution >= 0.6 is 0 Å². The van der Waals surface area contributed by atoms with Gasteiger partial charge in [-0.05, 0) is 47.5 Å². The zero-order valence-corrected chi connectivity index (χ0v) is 17.1. The van der Waals surface area contributed by atoms with Gasteiger partial charge >= 0.3 is 6.03 Å². The minimum absolute atomic E-state index is 0.118. The predicted octanol–water partition coefficient (Wildman–Crippen LogP) is 2.40. The van der Waals surface area contributed by atoms with Crippen molar-refractivity contribution in [2.75, 3.05) is 13.7 Å². The van der Waals surface area contributed by atoms with Crippen LogP contribution < -0.4 is 15.4 Å².